The second-order valence-corrected chi connectivity index (χ2v) is 0.699. The summed E-state index contributed by atoms with van der Waals surface area (Å²) < 4.78 is 3.96. The van der Waals surface area contributed by atoms with Crippen molar-refractivity contribution < 1.29 is 14.6 Å². The number of hydrogen-bond acceptors (Lipinski definition) is 2. The van der Waals surface area contributed by atoms with Crippen molar-refractivity contribution in [3.8, 4) is 0 Å². The van der Waals surface area contributed by atoms with Crippen LogP contribution in [0.4, 0.5) is 4.79 Å². The monoisotopic (exact) mass is 113 g/mol. The predicted molar refractivity (Wildman–Crippen MR) is 25.4 cm³/mol. The van der Waals surface area contributed by atoms with Gasteiger partial charge in [-0.3, -0.25) is 0 Å². The van der Waals surface area contributed by atoms with E-state index in [-0.39, 0.29) is 36.2 Å². The maximum atomic E-state index is 9.38. The first-order chi connectivity index (χ1) is 2.77. The van der Waals surface area contributed by atoms with E-state index in [2.05, 4.69) is 4.74 Å². The Balaban J connectivity index is 0. The smallest absolute Gasteiger partial charge is 0.450 e. The third-order valence-corrected chi connectivity index (χ3v) is 0.268. The first-order valence-electron chi connectivity index (χ1n) is 1.63. The van der Waals surface area contributed by atoms with Crippen LogP contribution in [0.15, 0.2) is 0 Å². The minimum absolute atomic E-state index is 0. The van der Waals surface area contributed by atoms with Crippen LogP contribution >= 0.6 is 0 Å². The Bertz CT molecular complexity index is 54.1. The van der Waals surface area contributed by atoms with E-state index < -0.39 is 6.16 Å². The van der Waals surface area contributed by atoms with Gasteiger partial charge in [0.15, 0.2) is 0 Å². The molecule has 0 fully saturated rings. The molecule has 4 heteroatoms. The Morgan fingerprint density at radius 2 is 2.29 bits per heavy atom. The summed E-state index contributed by atoms with van der Waals surface area (Å²) in [6, 6.07) is 0. The Morgan fingerprint density at radius 1 is 1.86 bits per heavy atom. The molecule has 0 aromatic carbocycles. The molecule has 3 nitrogen and oxygen atoms in total. The molecule has 7 heavy (non-hydrogen) atoms. The SMILES string of the molecule is CCOC(=O)O.[Na]. The molecule has 0 aliphatic rings. The molecule has 0 heterocycles. The van der Waals surface area contributed by atoms with Gasteiger partial charge >= 0.3 is 6.16 Å². The molecular weight excluding hydrogens is 107 g/mol. The quantitative estimate of drug-likeness (QED) is 0.393. The van der Waals surface area contributed by atoms with Gasteiger partial charge in [-0.15, -0.1) is 0 Å². The molecule has 0 aromatic heterocycles. The molecule has 0 unspecified atom stereocenters. The first kappa shape index (κ1) is 10.3. The van der Waals surface area contributed by atoms with E-state index in [0.717, 1.165) is 0 Å². The van der Waals surface area contributed by atoms with E-state index in [1.54, 1.807) is 6.92 Å². The van der Waals surface area contributed by atoms with Crippen LogP contribution < -0.4 is 0 Å². The van der Waals surface area contributed by atoms with Crippen molar-refractivity contribution in [3.05, 3.63) is 0 Å². The minimum atomic E-state index is -1.21. The van der Waals surface area contributed by atoms with Gasteiger partial charge in [0.25, 0.3) is 0 Å². The summed E-state index contributed by atoms with van der Waals surface area (Å²) in [6.45, 7) is 1.85. The summed E-state index contributed by atoms with van der Waals surface area (Å²) in [5.74, 6) is 0. The molecular formula is C3H6NaO3. The molecule has 1 N–H and O–H groups in total. The fourth-order valence-electron chi connectivity index (χ4n) is 0.123. The van der Waals surface area contributed by atoms with Gasteiger partial charge in [-0.25, -0.2) is 4.79 Å². The van der Waals surface area contributed by atoms with Gasteiger partial charge in [0.1, 0.15) is 0 Å². The summed E-state index contributed by atoms with van der Waals surface area (Å²) in [5.41, 5.74) is 0. The number of ether oxygens (including phenoxy) is 1. The molecule has 0 aromatic rings. The maximum Gasteiger partial charge on any atom is 0.505 e. The van der Waals surface area contributed by atoms with Crippen molar-refractivity contribution in [3.63, 3.8) is 0 Å². The van der Waals surface area contributed by atoms with Gasteiger partial charge in [0.05, 0.1) is 6.61 Å². The molecule has 0 rings (SSSR count). The van der Waals surface area contributed by atoms with E-state index >= 15 is 0 Å². The molecule has 0 aliphatic heterocycles. The third kappa shape index (κ3) is 10.7. The van der Waals surface area contributed by atoms with Crippen LogP contribution in [-0.2, 0) is 4.74 Å². The van der Waals surface area contributed by atoms with Crippen LogP contribution in [0.3, 0.4) is 0 Å². The van der Waals surface area contributed by atoms with Crippen LogP contribution in [-0.4, -0.2) is 47.4 Å². The van der Waals surface area contributed by atoms with Crippen molar-refractivity contribution in [1.29, 1.82) is 0 Å². The zero-order chi connectivity index (χ0) is 4.99. The summed E-state index contributed by atoms with van der Waals surface area (Å²) in [7, 11) is 0. The molecule has 1 radical (unpaired) electrons. The maximum absolute atomic E-state index is 9.38. The topological polar surface area (TPSA) is 46.5 Å². The fourth-order valence-corrected chi connectivity index (χ4v) is 0.123. The number of hydrogen-bond donors (Lipinski definition) is 1. The third-order valence-electron chi connectivity index (χ3n) is 0.268. The predicted octanol–water partition coefficient (Wildman–Crippen LogP) is 0.320. The van der Waals surface area contributed by atoms with Gasteiger partial charge in [-0.1, -0.05) is 0 Å². The van der Waals surface area contributed by atoms with Crippen LogP contribution in [0.2, 0.25) is 0 Å². The number of carboxylic acid groups (broad SMARTS) is 1. The summed E-state index contributed by atoms with van der Waals surface area (Å²) in [6.07, 6.45) is -1.21. The van der Waals surface area contributed by atoms with E-state index in [0.29, 0.717) is 0 Å². The minimum Gasteiger partial charge on any atom is -0.450 e. The zero-order valence-corrected chi connectivity index (χ0v) is 6.47. The average Bonchev–Trinajstić information content (AvgIpc) is 1.35. The summed E-state index contributed by atoms with van der Waals surface area (Å²) in [5, 5.41) is 7.69. The summed E-state index contributed by atoms with van der Waals surface area (Å²) in [4.78, 5) is 9.38. The average molecular weight is 113 g/mol. The van der Waals surface area contributed by atoms with E-state index in [9.17, 15) is 4.79 Å². The molecule has 0 amide bonds. The van der Waals surface area contributed by atoms with Crippen molar-refractivity contribution in [1.82, 2.24) is 0 Å². The van der Waals surface area contributed by atoms with Crippen molar-refractivity contribution in [2.75, 3.05) is 6.61 Å². The van der Waals surface area contributed by atoms with Crippen molar-refractivity contribution in [2.45, 2.75) is 6.92 Å². The standard InChI is InChI=1S/C3H6O3.Na/c1-2-6-3(4)5;/h2H2,1H3,(H,4,5);. The molecule has 0 bridgehead atoms. The van der Waals surface area contributed by atoms with Crippen LogP contribution in [0, 0.1) is 0 Å². The molecule has 37 valence electrons. The van der Waals surface area contributed by atoms with Crippen LogP contribution in [0.5, 0.6) is 0 Å². The number of carbonyl (C=O) groups is 1. The first-order valence-corrected chi connectivity index (χ1v) is 1.63. The van der Waals surface area contributed by atoms with Gasteiger partial charge in [0, 0.05) is 29.6 Å². The van der Waals surface area contributed by atoms with Crippen LogP contribution in [0.25, 0.3) is 0 Å². The number of rotatable bonds is 1. The molecule has 0 atom stereocenters. The fraction of sp³-hybridized carbons (Fsp3) is 0.667. The van der Waals surface area contributed by atoms with Crippen molar-refractivity contribution in [2.24, 2.45) is 0 Å². The Kier molecular flexibility index (Phi) is 9.22. The molecule has 0 saturated carbocycles. The van der Waals surface area contributed by atoms with E-state index in [4.69, 9.17) is 5.11 Å². The van der Waals surface area contributed by atoms with Gasteiger partial charge in [-0.05, 0) is 6.92 Å². The van der Waals surface area contributed by atoms with Gasteiger partial charge in [-0.2, -0.15) is 0 Å². The molecule has 0 saturated heterocycles. The Hall–Kier alpha value is 0.270. The Labute approximate surface area is 64.0 Å². The van der Waals surface area contributed by atoms with Crippen molar-refractivity contribution >= 4 is 35.7 Å². The Morgan fingerprint density at radius 3 is 2.29 bits per heavy atom. The van der Waals surface area contributed by atoms with Crippen LogP contribution in [0.1, 0.15) is 6.92 Å². The summed E-state index contributed by atoms with van der Waals surface area (Å²) >= 11 is 0. The molecule has 0 aliphatic carbocycles. The van der Waals surface area contributed by atoms with E-state index in [1.165, 1.54) is 0 Å². The van der Waals surface area contributed by atoms with Gasteiger partial charge < -0.3 is 9.84 Å². The molecule has 0 spiro atoms. The normalized spacial score (nSPS) is 6.43. The second-order valence-electron chi connectivity index (χ2n) is 0.699. The largest absolute Gasteiger partial charge is 0.505 e. The van der Waals surface area contributed by atoms with E-state index in [1.807, 2.05) is 0 Å². The second kappa shape index (κ2) is 6.27. The van der Waals surface area contributed by atoms with Gasteiger partial charge in [0.2, 0.25) is 0 Å². The zero-order valence-electron chi connectivity index (χ0n) is 4.47.